The second-order valence-corrected chi connectivity index (χ2v) is 8.10. The monoisotopic (exact) mass is 381 g/mol. The molecule has 0 spiro atoms. The summed E-state index contributed by atoms with van der Waals surface area (Å²) in [5, 5.41) is 3.48. The Balaban J connectivity index is 1.06. The molecule has 3 aliphatic rings. The average Bonchev–Trinajstić information content (AvgIpc) is 3.32. The first kappa shape index (κ1) is 18.0. The molecule has 28 heavy (non-hydrogen) atoms. The van der Waals surface area contributed by atoms with E-state index in [4.69, 9.17) is 4.74 Å². The van der Waals surface area contributed by atoms with Crippen molar-refractivity contribution in [2.24, 2.45) is 0 Å². The lowest BCUT2D eigenvalue weighted by Gasteiger charge is -2.37. The highest BCUT2D eigenvalue weighted by Crippen LogP contribution is 2.41. The van der Waals surface area contributed by atoms with Gasteiger partial charge in [0.1, 0.15) is 11.9 Å². The van der Waals surface area contributed by atoms with Crippen molar-refractivity contribution in [2.45, 2.75) is 31.5 Å². The van der Waals surface area contributed by atoms with Gasteiger partial charge in [0.2, 0.25) is 0 Å². The van der Waals surface area contributed by atoms with Gasteiger partial charge in [-0.1, -0.05) is 18.2 Å². The van der Waals surface area contributed by atoms with E-state index < -0.39 is 0 Å². The number of ether oxygens (including phenoxy) is 1. The molecule has 2 atom stereocenters. The fourth-order valence-corrected chi connectivity index (χ4v) is 4.66. The molecule has 2 aromatic carbocycles. The third kappa shape index (κ3) is 3.74. The molecule has 2 aromatic rings. The molecule has 2 unspecified atom stereocenters. The van der Waals surface area contributed by atoms with Gasteiger partial charge < -0.3 is 15.0 Å². The van der Waals surface area contributed by atoms with Gasteiger partial charge in [0.15, 0.2) is 0 Å². The van der Waals surface area contributed by atoms with Crippen molar-refractivity contribution < 1.29 is 9.13 Å². The van der Waals surface area contributed by atoms with E-state index in [0.717, 1.165) is 64.1 Å². The van der Waals surface area contributed by atoms with E-state index in [2.05, 4.69) is 33.3 Å². The van der Waals surface area contributed by atoms with Crippen molar-refractivity contribution in [3.05, 3.63) is 59.4 Å². The molecule has 3 heterocycles. The van der Waals surface area contributed by atoms with Crippen LogP contribution in [-0.2, 0) is 11.2 Å². The molecule has 0 aliphatic carbocycles. The molecule has 0 amide bonds. The minimum Gasteiger partial charge on any atom is -0.384 e. The molecule has 0 bridgehead atoms. The van der Waals surface area contributed by atoms with E-state index in [1.165, 1.54) is 29.1 Å². The molecule has 3 aliphatic heterocycles. The summed E-state index contributed by atoms with van der Waals surface area (Å²) < 4.78 is 18.8. The van der Waals surface area contributed by atoms with E-state index in [-0.39, 0.29) is 11.9 Å². The largest absolute Gasteiger partial charge is 0.384 e. The van der Waals surface area contributed by atoms with Crippen LogP contribution in [0.3, 0.4) is 0 Å². The second-order valence-electron chi connectivity index (χ2n) is 8.10. The van der Waals surface area contributed by atoms with Crippen molar-refractivity contribution in [3.63, 3.8) is 0 Å². The standard InChI is InChI=1S/C23H28FN3O/c24-18-8-6-17(7-9-18)23-22(28-23)5-2-12-26-13-15-27(16-14-26)21-4-1-3-20-19(21)10-11-25-20/h1,3-4,6-9,22-23,25H,2,5,10-16H2. The zero-order valence-corrected chi connectivity index (χ0v) is 16.2. The molecule has 0 saturated carbocycles. The van der Waals surface area contributed by atoms with Crippen molar-refractivity contribution in [1.29, 1.82) is 0 Å². The number of nitrogens with one attached hydrogen (secondary N) is 1. The van der Waals surface area contributed by atoms with Gasteiger partial charge >= 0.3 is 0 Å². The van der Waals surface area contributed by atoms with Crippen LogP contribution in [0.2, 0.25) is 0 Å². The van der Waals surface area contributed by atoms with Gasteiger partial charge in [0.25, 0.3) is 0 Å². The quantitative estimate of drug-likeness (QED) is 0.771. The summed E-state index contributed by atoms with van der Waals surface area (Å²) in [6, 6.07) is 13.4. The summed E-state index contributed by atoms with van der Waals surface area (Å²) in [5.41, 5.74) is 5.34. The Morgan fingerprint density at radius 3 is 2.68 bits per heavy atom. The Labute approximate surface area is 166 Å². The summed E-state index contributed by atoms with van der Waals surface area (Å²) in [4.78, 5) is 5.13. The van der Waals surface area contributed by atoms with Gasteiger partial charge in [-0.25, -0.2) is 4.39 Å². The lowest BCUT2D eigenvalue weighted by Crippen LogP contribution is -2.46. The van der Waals surface area contributed by atoms with Crippen LogP contribution in [0.25, 0.3) is 0 Å². The molecule has 148 valence electrons. The first-order valence-corrected chi connectivity index (χ1v) is 10.5. The highest BCUT2D eigenvalue weighted by Gasteiger charge is 2.39. The van der Waals surface area contributed by atoms with Gasteiger partial charge in [-0.2, -0.15) is 0 Å². The topological polar surface area (TPSA) is 31.0 Å². The van der Waals surface area contributed by atoms with Crippen LogP contribution >= 0.6 is 0 Å². The molecular formula is C23H28FN3O. The summed E-state index contributed by atoms with van der Waals surface area (Å²) in [7, 11) is 0. The summed E-state index contributed by atoms with van der Waals surface area (Å²) >= 11 is 0. The lowest BCUT2D eigenvalue weighted by atomic mass is 10.1. The maximum absolute atomic E-state index is 13.0. The minimum atomic E-state index is -0.184. The fourth-order valence-electron chi connectivity index (χ4n) is 4.66. The Hall–Kier alpha value is -2.11. The molecule has 0 radical (unpaired) electrons. The number of hydrogen-bond donors (Lipinski definition) is 1. The first-order chi connectivity index (χ1) is 13.8. The van der Waals surface area contributed by atoms with Crippen LogP contribution in [0.1, 0.15) is 30.1 Å². The molecule has 5 rings (SSSR count). The molecule has 1 N–H and O–H groups in total. The SMILES string of the molecule is Fc1ccc(C2OC2CCCN2CCN(c3cccc4c3CCN4)CC2)cc1. The minimum absolute atomic E-state index is 0.172. The van der Waals surface area contributed by atoms with Gasteiger partial charge in [-0.05, 0) is 55.6 Å². The molecular weight excluding hydrogens is 353 g/mol. The maximum atomic E-state index is 13.0. The molecule has 2 saturated heterocycles. The van der Waals surface area contributed by atoms with Crippen LogP contribution < -0.4 is 10.2 Å². The number of nitrogens with zero attached hydrogens (tertiary/aromatic N) is 2. The normalized spacial score (nSPS) is 24.1. The number of epoxide rings is 1. The first-order valence-electron chi connectivity index (χ1n) is 10.5. The maximum Gasteiger partial charge on any atom is 0.123 e. The van der Waals surface area contributed by atoms with Gasteiger partial charge in [-0.3, -0.25) is 4.90 Å². The number of halogens is 1. The van der Waals surface area contributed by atoms with Crippen LogP contribution in [0.4, 0.5) is 15.8 Å². The second kappa shape index (κ2) is 7.72. The fraction of sp³-hybridized carbons (Fsp3) is 0.478. The average molecular weight is 381 g/mol. The zero-order chi connectivity index (χ0) is 18.9. The Bertz CT molecular complexity index is 817. The zero-order valence-electron chi connectivity index (χ0n) is 16.2. The number of anilines is 2. The molecule has 4 nitrogen and oxygen atoms in total. The number of rotatable bonds is 6. The van der Waals surface area contributed by atoms with Gasteiger partial charge in [0.05, 0.1) is 6.10 Å². The van der Waals surface area contributed by atoms with Crippen LogP contribution in [0.15, 0.2) is 42.5 Å². The predicted molar refractivity (Wildman–Crippen MR) is 111 cm³/mol. The smallest absolute Gasteiger partial charge is 0.123 e. The highest BCUT2D eigenvalue weighted by atomic mass is 19.1. The Kier molecular flexibility index (Phi) is 4.95. The number of hydrogen-bond acceptors (Lipinski definition) is 4. The van der Waals surface area contributed by atoms with Crippen molar-refractivity contribution in [1.82, 2.24) is 4.90 Å². The van der Waals surface area contributed by atoms with E-state index in [1.807, 2.05) is 12.1 Å². The van der Waals surface area contributed by atoms with Crippen molar-refractivity contribution in [2.75, 3.05) is 49.5 Å². The number of fused-ring (bicyclic) bond motifs is 1. The number of piperazine rings is 1. The molecule has 5 heteroatoms. The predicted octanol–water partition coefficient (Wildman–Crippen LogP) is 3.84. The lowest BCUT2D eigenvalue weighted by molar-refractivity contribution is 0.248. The molecule has 0 aromatic heterocycles. The van der Waals surface area contributed by atoms with E-state index in [0.29, 0.717) is 6.10 Å². The number of benzene rings is 2. The highest BCUT2D eigenvalue weighted by molar-refractivity contribution is 5.69. The van der Waals surface area contributed by atoms with Gasteiger partial charge in [0, 0.05) is 49.7 Å². The summed E-state index contributed by atoms with van der Waals surface area (Å²) in [6.45, 7) is 6.67. The molecule has 2 fully saturated rings. The Morgan fingerprint density at radius 2 is 1.86 bits per heavy atom. The van der Waals surface area contributed by atoms with Crippen LogP contribution in [0, 0.1) is 5.82 Å². The van der Waals surface area contributed by atoms with Crippen molar-refractivity contribution >= 4 is 11.4 Å². The van der Waals surface area contributed by atoms with E-state index in [1.54, 1.807) is 0 Å². The van der Waals surface area contributed by atoms with Gasteiger partial charge in [-0.15, -0.1) is 0 Å². The van der Waals surface area contributed by atoms with E-state index >= 15 is 0 Å². The summed E-state index contributed by atoms with van der Waals surface area (Å²) in [6.07, 6.45) is 3.87. The van der Waals surface area contributed by atoms with Crippen molar-refractivity contribution in [3.8, 4) is 0 Å². The van der Waals surface area contributed by atoms with Crippen LogP contribution in [0.5, 0.6) is 0 Å². The third-order valence-corrected chi connectivity index (χ3v) is 6.30. The summed E-state index contributed by atoms with van der Waals surface area (Å²) in [5.74, 6) is -0.184. The van der Waals surface area contributed by atoms with E-state index in [9.17, 15) is 4.39 Å². The van der Waals surface area contributed by atoms with Crippen LogP contribution in [-0.4, -0.2) is 50.3 Å². The Morgan fingerprint density at radius 1 is 1.04 bits per heavy atom. The third-order valence-electron chi connectivity index (χ3n) is 6.30.